The quantitative estimate of drug-likeness (QED) is 0.446. The molecule has 0 atom stereocenters. The Labute approximate surface area is 160 Å². The second-order valence-electron chi connectivity index (χ2n) is 5.47. The lowest BCUT2D eigenvalue weighted by molar-refractivity contribution is 0.0950. The summed E-state index contributed by atoms with van der Waals surface area (Å²) in [5, 5.41) is 21.3. The highest BCUT2D eigenvalue weighted by Gasteiger charge is 2.12. The van der Waals surface area contributed by atoms with Gasteiger partial charge in [-0.25, -0.2) is 5.43 Å². The van der Waals surface area contributed by atoms with Crippen molar-refractivity contribution in [2.75, 3.05) is 6.61 Å². The lowest BCUT2D eigenvalue weighted by Crippen LogP contribution is -2.18. The Morgan fingerprint density at radius 2 is 2.15 bits per heavy atom. The number of benzene rings is 2. The van der Waals surface area contributed by atoms with E-state index in [0.29, 0.717) is 28.6 Å². The lowest BCUT2D eigenvalue weighted by atomic mass is 10.1. The minimum Gasteiger partial charge on any atom is -0.504 e. The van der Waals surface area contributed by atoms with E-state index in [2.05, 4.69) is 20.7 Å². The normalized spacial score (nSPS) is 10.9. The van der Waals surface area contributed by atoms with Gasteiger partial charge in [-0.05, 0) is 31.2 Å². The number of phenolic OH excluding ortho intramolecular Hbond substituents is 1. The van der Waals surface area contributed by atoms with E-state index in [1.807, 2.05) is 25.1 Å². The average molecular weight is 385 g/mol. The molecule has 7 nitrogen and oxygen atoms in total. The number of hydrazone groups is 1. The van der Waals surface area contributed by atoms with Crippen LogP contribution in [-0.2, 0) is 0 Å². The van der Waals surface area contributed by atoms with Crippen LogP contribution >= 0.6 is 11.6 Å². The molecule has 3 rings (SSSR count). The second-order valence-corrected chi connectivity index (χ2v) is 5.88. The molecule has 0 bridgehead atoms. The molecule has 0 spiro atoms. The van der Waals surface area contributed by atoms with E-state index in [4.69, 9.17) is 16.3 Å². The number of hydrogen-bond donors (Lipinski definition) is 3. The van der Waals surface area contributed by atoms with E-state index in [1.165, 1.54) is 6.21 Å². The minimum atomic E-state index is -0.475. The third-order valence-electron chi connectivity index (χ3n) is 3.67. The van der Waals surface area contributed by atoms with Crippen molar-refractivity contribution in [2.45, 2.75) is 6.92 Å². The van der Waals surface area contributed by atoms with Crippen LogP contribution in [-0.4, -0.2) is 34.0 Å². The fourth-order valence-corrected chi connectivity index (χ4v) is 2.61. The Bertz CT molecular complexity index is 985. The van der Waals surface area contributed by atoms with Crippen LogP contribution in [0.2, 0.25) is 5.02 Å². The fraction of sp³-hybridized carbons (Fsp3) is 0.105. The van der Waals surface area contributed by atoms with Crippen molar-refractivity contribution in [1.82, 2.24) is 15.6 Å². The van der Waals surface area contributed by atoms with Crippen molar-refractivity contribution in [3.05, 3.63) is 64.8 Å². The Kier molecular flexibility index (Phi) is 5.73. The predicted molar refractivity (Wildman–Crippen MR) is 103 cm³/mol. The maximum absolute atomic E-state index is 12.2. The van der Waals surface area contributed by atoms with Crippen LogP contribution in [0.15, 0.2) is 53.6 Å². The van der Waals surface area contributed by atoms with Crippen LogP contribution in [0, 0.1) is 0 Å². The highest BCUT2D eigenvalue weighted by atomic mass is 35.5. The summed E-state index contributed by atoms with van der Waals surface area (Å²) in [5.41, 5.74) is 4.30. The van der Waals surface area contributed by atoms with Gasteiger partial charge in [-0.2, -0.15) is 10.2 Å². The molecule has 0 radical (unpaired) electrons. The number of rotatable bonds is 6. The summed E-state index contributed by atoms with van der Waals surface area (Å²) >= 11 is 6.14. The number of carbonyl (C=O) groups excluding carboxylic acids is 1. The number of carbonyl (C=O) groups is 1. The monoisotopic (exact) mass is 384 g/mol. The molecule has 8 heteroatoms. The van der Waals surface area contributed by atoms with Crippen LogP contribution < -0.4 is 10.2 Å². The molecular formula is C19H17ClN4O3. The van der Waals surface area contributed by atoms with Crippen molar-refractivity contribution < 1.29 is 14.6 Å². The number of ether oxygens (including phenoxy) is 1. The van der Waals surface area contributed by atoms with Crippen LogP contribution in [0.3, 0.4) is 0 Å². The summed E-state index contributed by atoms with van der Waals surface area (Å²) in [6, 6.07) is 13.8. The van der Waals surface area contributed by atoms with Gasteiger partial charge in [0, 0.05) is 11.1 Å². The minimum absolute atomic E-state index is 0.0418. The number of aromatic amines is 1. The first-order chi connectivity index (χ1) is 13.1. The van der Waals surface area contributed by atoms with Gasteiger partial charge in [0.1, 0.15) is 5.69 Å². The first kappa shape index (κ1) is 18.5. The number of phenols is 1. The van der Waals surface area contributed by atoms with Gasteiger partial charge in [0.2, 0.25) is 0 Å². The predicted octanol–water partition coefficient (Wildman–Crippen LogP) is 3.60. The summed E-state index contributed by atoms with van der Waals surface area (Å²) in [6.45, 7) is 2.25. The number of aromatic nitrogens is 2. The largest absolute Gasteiger partial charge is 0.504 e. The molecular weight excluding hydrogens is 368 g/mol. The van der Waals surface area contributed by atoms with Crippen LogP contribution in [0.25, 0.3) is 11.3 Å². The summed E-state index contributed by atoms with van der Waals surface area (Å²) in [7, 11) is 0. The summed E-state index contributed by atoms with van der Waals surface area (Å²) in [4.78, 5) is 12.2. The van der Waals surface area contributed by atoms with Crippen LogP contribution in [0.4, 0.5) is 0 Å². The van der Waals surface area contributed by atoms with Gasteiger partial charge < -0.3 is 9.84 Å². The molecule has 0 saturated heterocycles. The molecule has 1 heterocycles. The number of nitrogens with zero attached hydrogens (tertiary/aromatic N) is 2. The number of nitrogens with one attached hydrogen (secondary N) is 2. The molecule has 3 N–H and O–H groups in total. The zero-order valence-corrected chi connectivity index (χ0v) is 15.2. The van der Waals surface area contributed by atoms with E-state index in [9.17, 15) is 9.90 Å². The van der Waals surface area contributed by atoms with Crippen LogP contribution in [0.5, 0.6) is 11.5 Å². The maximum atomic E-state index is 12.2. The molecule has 138 valence electrons. The average Bonchev–Trinajstić information content (AvgIpc) is 3.15. The zero-order chi connectivity index (χ0) is 19.2. The third-order valence-corrected chi connectivity index (χ3v) is 4.00. The Morgan fingerprint density at radius 1 is 1.33 bits per heavy atom. The molecule has 0 saturated carbocycles. The first-order valence-electron chi connectivity index (χ1n) is 8.18. The smallest absolute Gasteiger partial charge is 0.289 e. The Balaban J connectivity index is 1.69. The first-order valence-corrected chi connectivity index (χ1v) is 8.56. The van der Waals surface area contributed by atoms with Crippen molar-refractivity contribution in [3.8, 4) is 22.8 Å². The van der Waals surface area contributed by atoms with Gasteiger partial charge in [-0.3, -0.25) is 9.89 Å². The molecule has 1 aromatic heterocycles. The van der Waals surface area contributed by atoms with E-state index in [0.717, 1.165) is 5.56 Å². The van der Waals surface area contributed by atoms with Crippen molar-refractivity contribution in [2.24, 2.45) is 5.10 Å². The summed E-state index contributed by atoms with van der Waals surface area (Å²) in [5.74, 6) is -0.164. The van der Waals surface area contributed by atoms with Crippen molar-refractivity contribution in [1.29, 1.82) is 0 Å². The van der Waals surface area contributed by atoms with Gasteiger partial charge in [0.15, 0.2) is 11.5 Å². The molecule has 3 aromatic rings. The van der Waals surface area contributed by atoms with Gasteiger partial charge in [-0.15, -0.1) is 0 Å². The number of aromatic hydroxyl groups is 1. The third kappa shape index (κ3) is 4.27. The number of hydrogen-bond acceptors (Lipinski definition) is 5. The molecule has 0 aliphatic heterocycles. The highest BCUT2D eigenvalue weighted by molar-refractivity contribution is 6.33. The molecule has 27 heavy (non-hydrogen) atoms. The lowest BCUT2D eigenvalue weighted by Gasteiger charge is -2.07. The van der Waals surface area contributed by atoms with Gasteiger partial charge >= 0.3 is 0 Å². The van der Waals surface area contributed by atoms with E-state index in [-0.39, 0.29) is 11.4 Å². The van der Waals surface area contributed by atoms with Gasteiger partial charge in [0.05, 0.1) is 23.5 Å². The van der Waals surface area contributed by atoms with Gasteiger partial charge in [-0.1, -0.05) is 35.9 Å². The van der Waals surface area contributed by atoms with E-state index in [1.54, 1.807) is 30.3 Å². The van der Waals surface area contributed by atoms with E-state index < -0.39 is 5.91 Å². The molecule has 0 fully saturated rings. The fourth-order valence-electron chi connectivity index (χ4n) is 2.38. The molecule has 2 aromatic carbocycles. The van der Waals surface area contributed by atoms with Gasteiger partial charge in [0.25, 0.3) is 5.91 Å². The Morgan fingerprint density at radius 3 is 2.93 bits per heavy atom. The number of halogens is 1. The second kappa shape index (κ2) is 8.37. The summed E-state index contributed by atoms with van der Waals surface area (Å²) < 4.78 is 5.31. The standard InChI is InChI=1S/C19H17ClN4O3/c1-2-27-17-9-5-6-12(18(17)25)11-21-24-19(26)16-10-15(22-23-16)13-7-3-4-8-14(13)20/h3-11,25H,2H2,1H3,(H,22,23)(H,24,26)/b21-11+. The van der Waals surface area contributed by atoms with Crippen molar-refractivity contribution >= 4 is 23.7 Å². The molecule has 0 aliphatic carbocycles. The topological polar surface area (TPSA) is 99.6 Å². The number of para-hydroxylation sites is 1. The SMILES string of the molecule is CCOc1cccc(/C=N/NC(=O)c2cc(-c3ccccc3Cl)n[nH]2)c1O. The maximum Gasteiger partial charge on any atom is 0.289 e. The number of H-pyrrole nitrogens is 1. The molecule has 1 amide bonds. The zero-order valence-electron chi connectivity index (χ0n) is 14.4. The summed E-state index contributed by atoms with van der Waals surface area (Å²) in [6.07, 6.45) is 1.33. The van der Waals surface area contributed by atoms with Crippen LogP contribution in [0.1, 0.15) is 23.0 Å². The van der Waals surface area contributed by atoms with Crippen molar-refractivity contribution in [3.63, 3.8) is 0 Å². The van der Waals surface area contributed by atoms with E-state index >= 15 is 0 Å². The number of amides is 1. The molecule has 0 unspecified atom stereocenters. The molecule has 0 aliphatic rings. The highest BCUT2D eigenvalue weighted by Crippen LogP contribution is 2.28. The Hall–Kier alpha value is -3.32.